The zero-order chi connectivity index (χ0) is 10.5. The highest BCUT2D eigenvalue weighted by Crippen LogP contribution is 2.54. The van der Waals surface area contributed by atoms with Gasteiger partial charge in [-0.1, -0.05) is 13.3 Å². The van der Waals surface area contributed by atoms with E-state index in [1.807, 2.05) is 0 Å². The fourth-order valence-electron chi connectivity index (χ4n) is 4.07. The molecule has 2 bridgehead atoms. The number of hydrazine groups is 1. The van der Waals surface area contributed by atoms with Crippen LogP contribution in [0.1, 0.15) is 51.9 Å². The van der Waals surface area contributed by atoms with Crippen molar-refractivity contribution in [2.45, 2.75) is 57.9 Å². The average Bonchev–Trinajstić information content (AvgIpc) is 2.71. The van der Waals surface area contributed by atoms with Crippen LogP contribution in [0.15, 0.2) is 0 Å². The minimum absolute atomic E-state index is 0.538. The van der Waals surface area contributed by atoms with Crippen molar-refractivity contribution in [2.75, 3.05) is 0 Å². The van der Waals surface area contributed by atoms with E-state index < -0.39 is 0 Å². The van der Waals surface area contributed by atoms with Crippen LogP contribution in [-0.4, -0.2) is 6.04 Å². The summed E-state index contributed by atoms with van der Waals surface area (Å²) >= 11 is 0. The smallest absolute Gasteiger partial charge is 0.0267 e. The molecule has 0 radical (unpaired) electrons. The van der Waals surface area contributed by atoms with Crippen molar-refractivity contribution in [3.05, 3.63) is 0 Å². The van der Waals surface area contributed by atoms with Crippen LogP contribution < -0.4 is 11.3 Å². The Morgan fingerprint density at radius 1 is 1.33 bits per heavy atom. The Hall–Kier alpha value is -0.0800. The molecule has 3 fully saturated rings. The van der Waals surface area contributed by atoms with Crippen molar-refractivity contribution in [3.8, 4) is 0 Å². The van der Waals surface area contributed by atoms with Gasteiger partial charge in [0, 0.05) is 6.04 Å². The van der Waals surface area contributed by atoms with Gasteiger partial charge in [-0.15, -0.1) is 0 Å². The molecule has 3 saturated carbocycles. The molecule has 3 aliphatic carbocycles. The summed E-state index contributed by atoms with van der Waals surface area (Å²) < 4.78 is 0. The minimum atomic E-state index is 0.538. The summed E-state index contributed by atoms with van der Waals surface area (Å²) in [5, 5.41) is 0. The maximum atomic E-state index is 5.73. The van der Waals surface area contributed by atoms with Crippen LogP contribution in [-0.2, 0) is 0 Å². The van der Waals surface area contributed by atoms with Crippen LogP contribution >= 0.6 is 0 Å². The van der Waals surface area contributed by atoms with E-state index in [1.165, 1.54) is 44.9 Å². The summed E-state index contributed by atoms with van der Waals surface area (Å²) in [5.74, 6) is 8.84. The van der Waals surface area contributed by atoms with Crippen LogP contribution in [0.2, 0.25) is 0 Å². The zero-order valence-corrected chi connectivity index (χ0v) is 9.84. The van der Waals surface area contributed by atoms with Crippen molar-refractivity contribution in [2.24, 2.45) is 29.0 Å². The molecule has 4 atom stereocenters. The van der Waals surface area contributed by atoms with Gasteiger partial charge in [0.2, 0.25) is 0 Å². The fraction of sp³-hybridized carbons (Fsp3) is 1.00. The molecule has 0 spiro atoms. The van der Waals surface area contributed by atoms with Gasteiger partial charge in [0.05, 0.1) is 0 Å². The molecule has 0 aromatic carbocycles. The number of nitrogens with two attached hydrogens (primary N) is 1. The standard InChI is InChI=1S/C13H24N2/c1-13(4-5-13)12(15-14)8-11-7-9-2-3-10(11)6-9/h9-12,15H,2-8,14H2,1H3. The topological polar surface area (TPSA) is 38.0 Å². The fourth-order valence-corrected chi connectivity index (χ4v) is 4.07. The second-order valence-corrected chi connectivity index (χ2v) is 6.54. The Labute approximate surface area is 93.0 Å². The van der Waals surface area contributed by atoms with Crippen LogP contribution in [0, 0.1) is 23.2 Å². The predicted molar refractivity (Wildman–Crippen MR) is 62.0 cm³/mol. The first kappa shape index (κ1) is 10.1. The van der Waals surface area contributed by atoms with E-state index in [1.54, 1.807) is 0 Å². The molecule has 2 nitrogen and oxygen atoms in total. The lowest BCUT2D eigenvalue weighted by molar-refractivity contribution is 0.234. The van der Waals surface area contributed by atoms with E-state index in [2.05, 4.69) is 12.3 Å². The maximum Gasteiger partial charge on any atom is 0.0267 e. The molecule has 86 valence electrons. The minimum Gasteiger partial charge on any atom is -0.271 e. The lowest BCUT2D eigenvalue weighted by atomic mass is 9.81. The van der Waals surface area contributed by atoms with Gasteiger partial charge in [-0.3, -0.25) is 11.3 Å². The van der Waals surface area contributed by atoms with Crippen LogP contribution in [0.3, 0.4) is 0 Å². The van der Waals surface area contributed by atoms with E-state index in [4.69, 9.17) is 5.84 Å². The van der Waals surface area contributed by atoms with Gasteiger partial charge in [0.15, 0.2) is 0 Å². The Morgan fingerprint density at radius 2 is 2.13 bits per heavy atom. The second-order valence-electron chi connectivity index (χ2n) is 6.54. The molecular formula is C13H24N2. The largest absolute Gasteiger partial charge is 0.271 e. The summed E-state index contributed by atoms with van der Waals surface area (Å²) in [7, 11) is 0. The number of hydrogen-bond acceptors (Lipinski definition) is 2. The number of fused-ring (bicyclic) bond motifs is 2. The van der Waals surface area contributed by atoms with Crippen molar-refractivity contribution in [1.29, 1.82) is 0 Å². The molecule has 2 heteroatoms. The van der Waals surface area contributed by atoms with Gasteiger partial charge in [0.1, 0.15) is 0 Å². The number of hydrogen-bond donors (Lipinski definition) is 2. The van der Waals surface area contributed by atoms with Gasteiger partial charge in [-0.05, 0) is 61.7 Å². The van der Waals surface area contributed by atoms with Crippen LogP contribution in [0.25, 0.3) is 0 Å². The van der Waals surface area contributed by atoms with Gasteiger partial charge in [-0.2, -0.15) is 0 Å². The Bertz CT molecular complexity index is 247. The molecular weight excluding hydrogens is 184 g/mol. The Kier molecular flexibility index (Phi) is 2.33. The highest BCUT2D eigenvalue weighted by Gasteiger charge is 2.47. The van der Waals surface area contributed by atoms with Gasteiger partial charge < -0.3 is 0 Å². The van der Waals surface area contributed by atoms with Crippen LogP contribution in [0.4, 0.5) is 0 Å². The Morgan fingerprint density at radius 3 is 2.60 bits per heavy atom. The lowest BCUT2D eigenvalue weighted by Gasteiger charge is -2.30. The third-order valence-electron chi connectivity index (χ3n) is 5.50. The molecule has 3 aliphatic rings. The van der Waals surface area contributed by atoms with Gasteiger partial charge >= 0.3 is 0 Å². The van der Waals surface area contributed by atoms with E-state index >= 15 is 0 Å². The molecule has 0 saturated heterocycles. The lowest BCUT2D eigenvalue weighted by Crippen LogP contribution is -2.42. The highest BCUT2D eigenvalue weighted by atomic mass is 15.2. The molecule has 0 aromatic heterocycles. The first-order valence-electron chi connectivity index (χ1n) is 6.67. The summed E-state index contributed by atoms with van der Waals surface area (Å²) in [6.07, 6.45) is 10.1. The maximum absolute atomic E-state index is 5.73. The van der Waals surface area contributed by atoms with E-state index in [-0.39, 0.29) is 0 Å². The third-order valence-corrected chi connectivity index (χ3v) is 5.50. The molecule has 4 unspecified atom stereocenters. The quantitative estimate of drug-likeness (QED) is 0.550. The molecule has 15 heavy (non-hydrogen) atoms. The van der Waals surface area contributed by atoms with Gasteiger partial charge in [0.25, 0.3) is 0 Å². The molecule has 0 amide bonds. The van der Waals surface area contributed by atoms with Gasteiger partial charge in [-0.25, -0.2) is 0 Å². The monoisotopic (exact) mass is 208 g/mol. The molecule has 0 aliphatic heterocycles. The second kappa shape index (κ2) is 3.46. The zero-order valence-electron chi connectivity index (χ0n) is 9.84. The summed E-state index contributed by atoms with van der Waals surface area (Å²) in [6.45, 7) is 2.39. The average molecular weight is 208 g/mol. The van der Waals surface area contributed by atoms with E-state index in [0.717, 1.165) is 17.8 Å². The van der Waals surface area contributed by atoms with E-state index in [9.17, 15) is 0 Å². The highest BCUT2D eigenvalue weighted by molar-refractivity contribution is 5.01. The number of nitrogens with one attached hydrogen (secondary N) is 1. The van der Waals surface area contributed by atoms with Crippen molar-refractivity contribution in [3.63, 3.8) is 0 Å². The first-order valence-corrected chi connectivity index (χ1v) is 6.67. The van der Waals surface area contributed by atoms with Crippen molar-refractivity contribution < 1.29 is 0 Å². The third kappa shape index (κ3) is 1.72. The van der Waals surface area contributed by atoms with E-state index in [0.29, 0.717) is 11.5 Å². The molecule has 3 rings (SSSR count). The number of rotatable bonds is 4. The Balaban J connectivity index is 1.60. The predicted octanol–water partition coefficient (Wildman–Crippen LogP) is 2.44. The van der Waals surface area contributed by atoms with Crippen molar-refractivity contribution >= 4 is 0 Å². The SMILES string of the molecule is CC1(C(CC2CC3CCC2C3)NN)CC1. The van der Waals surface area contributed by atoms with Crippen molar-refractivity contribution in [1.82, 2.24) is 5.43 Å². The molecule has 0 aromatic rings. The summed E-state index contributed by atoms with van der Waals surface area (Å²) in [5.41, 5.74) is 3.63. The summed E-state index contributed by atoms with van der Waals surface area (Å²) in [6, 6.07) is 0.585. The summed E-state index contributed by atoms with van der Waals surface area (Å²) in [4.78, 5) is 0. The normalized spacial score (nSPS) is 43.2. The molecule has 3 N–H and O–H groups in total. The molecule has 0 heterocycles. The first-order chi connectivity index (χ1) is 7.21. The van der Waals surface area contributed by atoms with Crippen LogP contribution in [0.5, 0.6) is 0 Å².